The molecule has 0 bridgehead atoms. The van der Waals surface area contributed by atoms with E-state index in [1.807, 2.05) is 0 Å². The Kier molecular flexibility index (Phi) is 9.79. The molecule has 0 amide bonds. The van der Waals surface area contributed by atoms with E-state index in [1.165, 1.54) is 36.8 Å². The van der Waals surface area contributed by atoms with E-state index in [4.69, 9.17) is 4.99 Å². The Hall–Kier alpha value is -0.820. The van der Waals surface area contributed by atoms with E-state index in [0.29, 0.717) is 5.41 Å². The van der Waals surface area contributed by atoms with Gasteiger partial charge in [0.15, 0.2) is 5.96 Å². The summed E-state index contributed by atoms with van der Waals surface area (Å²) >= 11 is 0. The number of halogens is 1. The van der Waals surface area contributed by atoms with E-state index in [9.17, 15) is 0 Å². The van der Waals surface area contributed by atoms with E-state index in [2.05, 4.69) is 67.7 Å². The molecule has 1 aliphatic rings. The molecule has 142 valence electrons. The fourth-order valence-corrected chi connectivity index (χ4v) is 3.32. The van der Waals surface area contributed by atoms with Crippen LogP contribution in [0.2, 0.25) is 0 Å². The minimum Gasteiger partial charge on any atom is -0.357 e. The van der Waals surface area contributed by atoms with Crippen LogP contribution < -0.4 is 10.6 Å². The van der Waals surface area contributed by atoms with Gasteiger partial charge in [0.2, 0.25) is 0 Å². The smallest absolute Gasteiger partial charge is 0.191 e. The maximum Gasteiger partial charge on any atom is 0.191 e. The summed E-state index contributed by atoms with van der Waals surface area (Å²) in [7, 11) is 4.21. The molecule has 25 heavy (non-hydrogen) atoms. The van der Waals surface area contributed by atoms with Crippen LogP contribution in [0.4, 0.5) is 0 Å². The highest BCUT2D eigenvalue weighted by atomic mass is 127. The fraction of sp³-hybridized carbons (Fsp3) is 0.650. The van der Waals surface area contributed by atoms with Crippen molar-refractivity contribution in [1.82, 2.24) is 15.5 Å². The van der Waals surface area contributed by atoms with Crippen molar-refractivity contribution in [2.75, 3.05) is 27.2 Å². The molecule has 0 unspecified atom stereocenters. The molecule has 0 saturated heterocycles. The van der Waals surface area contributed by atoms with E-state index >= 15 is 0 Å². The van der Waals surface area contributed by atoms with E-state index in [0.717, 1.165) is 32.1 Å². The SMILES string of the molecule is CCNC(=NCc1ccccc1CN(C)C)NCC1(CC)CCC1.I. The predicted octanol–water partition coefficient (Wildman–Crippen LogP) is 4.00. The quantitative estimate of drug-likeness (QED) is 0.352. The third kappa shape index (κ3) is 6.77. The third-order valence-corrected chi connectivity index (χ3v) is 5.15. The van der Waals surface area contributed by atoms with E-state index in [-0.39, 0.29) is 24.0 Å². The second-order valence-corrected chi connectivity index (χ2v) is 7.26. The minimum atomic E-state index is 0. The highest BCUT2D eigenvalue weighted by Gasteiger charge is 2.34. The van der Waals surface area contributed by atoms with Crippen LogP contribution in [0.25, 0.3) is 0 Å². The number of guanidine groups is 1. The van der Waals surface area contributed by atoms with Gasteiger partial charge in [-0.1, -0.05) is 37.6 Å². The van der Waals surface area contributed by atoms with Crippen LogP contribution in [0.3, 0.4) is 0 Å². The van der Waals surface area contributed by atoms with Gasteiger partial charge >= 0.3 is 0 Å². The van der Waals surface area contributed by atoms with Gasteiger partial charge in [0.05, 0.1) is 6.54 Å². The van der Waals surface area contributed by atoms with Crippen molar-refractivity contribution in [3.8, 4) is 0 Å². The highest BCUT2D eigenvalue weighted by Crippen LogP contribution is 2.42. The average Bonchev–Trinajstić information content (AvgIpc) is 2.52. The lowest BCUT2D eigenvalue weighted by Crippen LogP contribution is -2.46. The summed E-state index contributed by atoms with van der Waals surface area (Å²) in [5, 5.41) is 6.96. The van der Waals surface area contributed by atoms with Gasteiger partial charge in [-0.2, -0.15) is 0 Å². The molecule has 0 aromatic heterocycles. The van der Waals surface area contributed by atoms with Crippen molar-refractivity contribution in [1.29, 1.82) is 0 Å². The summed E-state index contributed by atoms with van der Waals surface area (Å²) in [6.07, 6.45) is 5.33. The zero-order valence-corrected chi connectivity index (χ0v) is 18.6. The van der Waals surface area contributed by atoms with Crippen LogP contribution in [0, 0.1) is 5.41 Å². The second-order valence-electron chi connectivity index (χ2n) is 7.26. The summed E-state index contributed by atoms with van der Waals surface area (Å²) in [5.41, 5.74) is 3.15. The normalized spacial score (nSPS) is 16.1. The van der Waals surface area contributed by atoms with Crippen LogP contribution in [-0.2, 0) is 13.1 Å². The molecule has 0 aliphatic heterocycles. The van der Waals surface area contributed by atoms with Crippen LogP contribution >= 0.6 is 24.0 Å². The van der Waals surface area contributed by atoms with Crippen LogP contribution in [0.5, 0.6) is 0 Å². The molecule has 1 aromatic carbocycles. The number of nitrogens with zero attached hydrogens (tertiary/aromatic N) is 2. The van der Waals surface area contributed by atoms with Crippen molar-refractivity contribution in [3.05, 3.63) is 35.4 Å². The first-order chi connectivity index (χ1) is 11.6. The highest BCUT2D eigenvalue weighted by molar-refractivity contribution is 14.0. The van der Waals surface area contributed by atoms with Crippen LogP contribution in [-0.4, -0.2) is 38.0 Å². The Morgan fingerprint density at radius 1 is 1.12 bits per heavy atom. The molecule has 5 heteroatoms. The molecule has 0 heterocycles. The number of nitrogens with one attached hydrogen (secondary N) is 2. The maximum absolute atomic E-state index is 4.82. The average molecular weight is 458 g/mol. The van der Waals surface area contributed by atoms with Gasteiger partial charge in [-0.25, -0.2) is 4.99 Å². The molecule has 1 saturated carbocycles. The summed E-state index contributed by atoms with van der Waals surface area (Å²) < 4.78 is 0. The molecule has 1 aromatic rings. The van der Waals surface area contributed by atoms with Crippen LogP contribution in [0.1, 0.15) is 50.7 Å². The molecule has 0 spiro atoms. The third-order valence-electron chi connectivity index (χ3n) is 5.15. The van der Waals surface area contributed by atoms with Crippen molar-refractivity contribution < 1.29 is 0 Å². The maximum atomic E-state index is 4.82. The Morgan fingerprint density at radius 2 is 1.80 bits per heavy atom. The monoisotopic (exact) mass is 458 g/mol. The lowest BCUT2D eigenvalue weighted by atomic mass is 9.67. The van der Waals surface area contributed by atoms with Crippen molar-refractivity contribution in [2.45, 2.75) is 52.6 Å². The Labute approximate surface area is 170 Å². The summed E-state index contributed by atoms with van der Waals surface area (Å²) in [6.45, 7) is 8.03. The summed E-state index contributed by atoms with van der Waals surface area (Å²) in [5.74, 6) is 0.942. The Bertz CT molecular complexity index is 533. The first-order valence-corrected chi connectivity index (χ1v) is 9.32. The number of rotatable bonds is 8. The minimum absolute atomic E-state index is 0. The van der Waals surface area contributed by atoms with Gasteiger partial charge in [-0.3, -0.25) is 0 Å². The molecule has 2 N–H and O–H groups in total. The number of benzene rings is 1. The lowest BCUT2D eigenvalue weighted by molar-refractivity contribution is 0.131. The fourth-order valence-electron chi connectivity index (χ4n) is 3.32. The van der Waals surface area contributed by atoms with Crippen LogP contribution in [0.15, 0.2) is 29.3 Å². The first kappa shape index (κ1) is 22.2. The molecule has 0 radical (unpaired) electrons. The van der Waals surface area contributed by atoms with E-state index in [1.54, 1.807) is 0 Å². The Balaban J connectivity index is 0.00000312. The predicted molar refractivity (Wildman–Crippen MR) is 119 cm³/mol. The zero-order valence-electron chi connectivity index (χ0n) is 16.3. The second kappa shape index (κ2) is 11.0. The molecule has 2 rings (SSSR count). The number of aliphatic imine (C=N–C) groups is 1. The van der Waals surface area contributed by atoms with Gasteiger partial charge in [0.25, 0.3) is 0 Å². The number of hydrogen-bond acceptors (Lipinski definition) is 2. The van der Waals surface area contributed by atoms with Gasteiger partial charge in [0.1, 0.15) is 0 Å². The van der Waals surface area contributed by atoms with Crippen molar-refractivity contribution >= 4 is 29.9 Å². The van der Waals surface area contributed by atoms with Crippen molar-refractivity contribution in [3.63, 3.8) is 0 Å². The molecule has 0 atom stereocenters. The van der Waals surface area contributed by atoms with Gasteiger partial charge in [-0.05, 0) is 56.8 Å². The van der Waals surface area contributed by atoms with Gasteiger partial charge < -0.3 is 15.5 Å². The zero-order chi connectivity index (χ0) is 17.4. The van der Waals surface area contributed by atoms with Crippen molar-refractivity contribution in [2.24, 2.45) is 10.4 Å². The standard InChI is InChI=1S/C20H34N4.HI/c1-5-20(12-9-13-20)16-23-19(21-6-2)22-14-17-10-7-8-11-18(17)15-24(3)4;/h7-8,10-11H,5-6,9,12-16H2,1-4H3,(H2,21,22,23);1H. The van der Waals surface area contributed by atoms with E-state index < -0.39 is 0 Å². The van der Waals surface area contributed by atoms with Gasteiger partial charge in [-0.15, -0.1) is 24.0 Å². The van der Waals surface area contributed by atoms with Gasteiger partial charge in [0, 0.05) is 19.6 Å². The first-order valence-electron chi connectivity index (χ1n) is 9.32. The lowest BCUT2D eigenvalue weighted by Gasteiger charge is -2.41. The molecule has 1 aliphatic carbocycles. The number of hydrogen-bond donors (Lipinski definition) is 2. The molecular weight excluding hydrogens is 423 g/mol. The molecule has 1 fully saturated rings. The Morgan fingerprint density at radius 3 is 2.32 bits per heavy atom. The summed E-state index contributed by atoms with van der Waals surface area (Å²) in [4.78, 5) is 7.03. The largest absolute Gasteiger partial charge is 0.357 e. The molecular formula is C20H35IN4. The summed E-state index contributed by atoms with van der Waals surface area (Å²) in [6, 6.07) is 8.60. The molecule has 4 nitrogen and oxygen atoms in total. The topological polar surface area (TPSA) is 39.7 Å².